The summed E-state index contributed by atoms with van der Waals surface area (Å²) in [6.45, 7) is 4.35. The number of carboxylic acids is 1. The molecule has 0 aromatic heterocycles. The summed E-state index contributed by atoms with van der Waals surface area (Å²) in [5.74, 6) is -0.923. The van der Waals surface area contributed by atoms with Crippen molar-refractivity contribution in [3.63, 3.8) is 0 Å². The van der Waals surface area contributed by atoms with Gasteiger partial charge in [0.25, 0.3) is 0 Å². The molecule has 0 aliphatic carbocycles. The third-order valence-corrected chi connectivity index (χ3v) is 4.01. The van der Waals surface area contributed by atoms with Gasteiger partial charge < -0.3 is 14.4 Å². The van der Waals surface area contributed by atoms with Gasteiger partial charge in [0.1, 0.15) is 0 Å². The molecule has 0 heterocycles. The molecule has 120 valence electrons. The average Bonchev–Trinajstić information content (AvgIpc) is 2.36. The van der Waals surface area contributed by atoms with Crippen LogP contribution in [0.2, 0.25) is 0 Å². The van der Waals surface area contributed by atoms with Crippen LogP contribution in [0.15, 0.2) is 0 Å². The first-order valence-electron chi connectivity index (χ1n) is 8.50. The monoisotopic (exact) mass is 285 g/mol. The summed E-state index contributed by atoms with van der Waals surface area (Å²) in [5, 5.41) is 10.4. The Morgan fingerprint density at radius 1 is 0.800 bits per heavy atom. The van der Waals surface area contributed by atoms with Crippen molar-refractivity contribution in [2.75, 3.05) is 27.2 Å². The molecule has 0 aliphatic heterocycles. The Morgan fingerprint density at radius 2 is 1.25 bits per heavy atom. The normalized spacial score (nSPS) is 11.8. The zero-order chi connectivity index (χ0) is 15.3. The van der Waals surface area contributed by atoms with Gasteiger partial charge >= 0.3 is 0 Å². The second-order valence-corrected chi connectivity index (χ2v) is 6.69. The van der Waals surface area contributed by atoms with Gasteiger partial charge in [0, 0.05) is 12.4 Å². The lowest BCUT2D eigenvalue weighted by Crippen LogP contribution is -2.41. The highest BCUT2D eigenvalue weighted by Gasteiger charge is 2.13. The third kappa shape index (κ3) is 13.9. The van der Waals surface area contributed by atoms with Crippen molar-refractivity contribution in [1.29, 1.82) is 0 Å². The van der Waals surface area contributed by atoms with E-state index in [0.29, 0.717) is 0 Å². The molecule has 3 heteroatoms. The molecular weight excluding hydrogens is 250 g/mol. The molecule has 0 fully saturated rings. The van der Waals surface area contributed by atoms with Crippen molar-refractivity contribution in [1.82, 2.24) is 0 Å². The smallest absolute Gasteiger partial charge is 0.0786 e. The minimum atomic E-state index is -0.923. The molecule has 0 saturated carbocycles. The van der Waals surface area contributed by atoms with Crippen LogP contribution in [0.1, 0.15) is 77.6 Å². The molecule has 0 aromatic carbocycles. The van der Waals surface area contributed by atoms with E-state index >= 15 is 0 Å². The van der Waals surface area contributed by atoms with Crippen molar-refractivity contribution in [2.24, 2.45) is 0 Å². The predicted octanol–water partition coefficient (Wildman–Crippen LogP) is 3.12. The summed E-state index contributed by atoms with van der Waals surface area (Å²) in [6, 6.07) is 0. The Morgan fingerprint density at radius 3 is 1.75 bits per heavy atom. The fraction of sp³-hybridized carbons (Fsp3) is 0.941. The van der Waals surface area contributed by atoms with E-state index < -0.39 is 5.97 Å². The van der Waals surface area contributed by atoms with Gasteiger partial charge in [0.05, 0.1) is 27.2 Å². The SMILES string of the molecule is CCCCCCCCCCC[N+](C)(C)CCCC(=O)[O-]. The highest BCUT2D eigenvalue weighted by atomic mass is 16.4. The Kier molecular flexibility index (Phi) is 11.8. The quantitative estimate of drug-likeness (QED) is 0.363. The largest absolute Gasteiger partial charge is 0.550 e. The zero-order valence-corrected chi connectivity index (χ0v) is 14.0. The summed E-state index contributed by atoms with van der Waals surface area (Å²) in [7, 11) is 4.39. The van der Waals surface area contributed by atoms with E-state index in [0.717, 1.165) is 24.0 Å². The van der Waals surface area contributed by atoms with E-state index in [1.165, 1.54) is 57.8 Å². The average molecular weight is 285 g/mol. The molecule has 0 atom stereocenters. The van der Waals surface area contributed by atoms with Crippen molar-refractivity contribution < 1.29 is 14.4 Å². The summed E-state index contributed by atoms with van der Waals surface area (Å²) in [4.78, 5) is 10.4. The van der Waals surface area contributed by atoms with Crippen LogP contribution < -0.4 is 5.11 Å². The number of hydrogen-bond donors (Lipinski definition) is 0. The Labute approximate surface area is 126 Å². The summed E-state index contributed by atoms with van der Waals surface area (Å²) in [6.07, 6.45) is 13.1. The number of aliphatic carboxylic acids is 1. The number of carboxylic acid groups (broad SMARTS) is 1. The van der Waals surface area contributed by atoms with Gasteiger partial charge in [0.15, 0.2) is 0 Å². The molecule has 0 aromatic rings. The second kappa shape index (κ2) is 12.2. The standard InChI is InChI=1S/C17H35NO2/c1-4-5-6-7-8-9-10-11-12-15-18(2,3)16-13-14-17(19)20/h4-16H2,1-3H3. The molecular formula is C17H35NO2. The molecule has 20 heavy (non-hydrogen) atoms. The molecule has 0 radical (unpaired) electrons. The van der Waals surface area contributed by atoms with E-state index in [2.05, 4.69) is 21.0 Å². The number of rotatable bonds is 14. The molecule has 0 saturated heterocycles. The molecule has 0 amide bonds. The van der Waals surface area contributed by atoms with Gasteiger partial charge in [-0.05, 0) is 19.3 Å². The molecule has 0 N–H and O–H groups in total. The number of carbonyl (C=O) groups is 1. The molecule has 3 nitrogen and oxygen atoms in total. The Balaban J connectivity index is 3.37. The maximum atomic E-state index is 10.4. The number of hydrogen-bond acceptors (Lipinski definition) is 2. The van der Waals surface area contributed by atoms with Gasteiger partial charge in [0.2, 0.25) is 0 Å². The fourth-order valence-corrected chi connectivity index (χ4v) is 2.61. The highest BCUT2D eigenvalue weighted by molar-refractivity contribution is 5.64. The summed E-state index contributed by atoms with van der Waals surface area (Å²) in [5.41, 5.74) is 0. The van der Waals surface area contributed by atoms with E-state index in [1.54, 1.807) is 0 Å². The molecule has 0 spiro atoms. The van der Waals surface area contributed by atoms with Gasteiger partial charge in [-0.1, -0.05) is 51.9 Å². The fourth-order valence-electron chi connectivity index (χ4n) is 2.61. The van der Waals surface area contributed by atoms with E-state index in [1.807, 2.05) is 0 Å². The van der Waals surface area contributed by atoms with E-state index in [-0.39, 0.29) is 6.42 Å². The van der Waals surface area contributed by atoms with Gasteiger partial charge in [-0.15, -0.1) is 0 Å². The first kappa shape index (κ1) is 19.4. The Hall–Kier alpha value is -0.570. The Bertz CT molecular complexity index is 239. The van der Waals surface area contributed by atoms with Crippen LogP contribution in [0.3, 0.4) is 0 Å². The minimum absolute atomic E-state index is 0.194. The first-order chi connectivity index (χ1) is 9.48. The highest BCUT2D eigenvalue weighted by Crippen LogP contribution is 2.11. The lowest BCUT2D eigenvalue weighted by atomic mass is 10.1. The third-order valence-electron chi connectivity index (χ3n) is 4.01. The van der Waals surface area contributed by atoms with Crippen LogP contribution >= 0.6 is 0 Å². The van der Waals surface area contributed by atoms with Crippen LogP contribution in [-0.2, 0) is 4.79 Å². The predicted molar refractivity (Wildman–Crippen MR) is 83.3 cm³/mol. The van der Waals surface area contributed by atoms with Gasteiger partial charge in [-0.2, -0.15) is 0 Å². The minimum Gasteiger partial charge on any atom is -0.550 e. The van der Waals surface area contributed by atoms with Crippen LogP contribution in [0.25, 0.3) is 0 Å². The number of unbranched alkanes of at least 4 members (excludes halogenated alkanes) is 8. The summed E-state index contributed by atoms with van der Waals surface area (Å²) < 4.78 is 0.934. The maximum absolute atomic E-state index is 10.4. The van der Waals surface area contributed by atoms with Crippen molar-refractivity contribution in [3.8, 4) is 0 Å². The number of carbonyl (C=O) groups excluding carboxylic acids is 1. The topological polar surface area (TPSA) is 40.1 Å². The van der Waals surface area contributed by atoms with Crippen molar-refractivity contribution in [3.05, 3.63) is 0 Å². The van der Waals surface area contributed by atoms with Crippen LogP contribution in [-0.4, -0.2) is 37.6 Å². The molecule has 0 rings (SSSR count). The number of quaternary nitrogens is 1. The lowest BCUT2D eigenvalue weighted by Gasteiger charge is -2.30. The zero-order valence-electron chi connectivity index (χ0n) is 14.0. The number of nitrogens with zero attached hydrogens (tertiary/aromatic N) is 1. The first-order valence-corrected chi connectivity index (χ1v) is 8.50. The molecule has 0 unspecified atom stereocenters. The van der Waals surface area contributed by atoms with Crippen LogP contribution in [0.5, 0.6) is 0 Å². The van der Waals surface area contributed by atoms with Gasteiger partial charge in [-0.25, -0.2) is 0 Å². The van der Waals surface area contributed by atoms with Crippen LogP contribution in [0.4, 0.5) is 0 Å². The van der Waals surface area contributed by atoms with E-state index in [4.69, 9.17) is 0 Å². The van der Waals surface area contributed by atoms with E-state index in [9.17, 15) is 9.90 Å². The molecule has 0 bridgehead atoms. The van der Waals surface area contributed by atoms with Crippen molar-refractivity contribution >= 4 is 5.97 Å². The van der Waals surface area contributed by atoms with Gasteiger partial charge in [-0.3, -0.25) is 0 Å². The van der Waals surface area contributed by atoms with Crippen molar-refractivity contribution in [2.45, 2.75) is 77.6 Å². The van der Waals surface area contributed by atoms with Crippen LogP contribution in [0, 0.1) is 0 Å². The second-order valence-electron chi connectivity index (χ2n) is 6.69. The summed E-state index contributed by atoms with van der Waals surface area (Å²) >= 11 is 0. The molecule has 0 aliphatic rings. The lowest BCUT2D eigenvalue weighted by molar-refractivity contribution is -0.890. The maximum Gasteiger partial charge on any atom is 0.0786 e.